The van der Waals surface area contributed by atoms with E-state index in [9.17, 15) is 9.59 Å². The summed E-state index contributed by atoms with van der Waals surface area (Å²) < 4.78 is 16.1. The SMILES string of the molecule is CCCCC(OC(=O)OCC)C(CCCC)(CCCC)C(=O)OCC. The molecule has 0 aliphatic heterocycles. The third-order valence-electron chi connectivity index (χ3n) is 4.57. The second-order valence-electron chi connectivity index (χ2n) is 6.52. The van der Waals surface area contributed by atoms with E-state index in [-0.39, 0.29) is 12.6 Å². The average molecular weight is 359 g/mol. The number of carbonyl (C=O) groups is 2. The van der Waals surface area contributed by atoms with Crippen LogP contribution in [0.2, 0.25) is 0 Å². The van der Waals surface area contributed by atoms with Crippen molar-refractivity contribution >= 4 is 12.1 Å². The standard InChI is InChI=1S/C20H38O5/c1-6-11-14-17(25-19(22)24-10-5)20(15-12-7-2,16-13-8-3)18(21)23-9-4/h17H,6-16H2,1-5H3. The van der Waals surface area contributed by atoms with Crippen LogP contribution in [0.3, 0.4) is 0 Å². The van der Waals surface area contributed by atoms with E-state index in [0.717, 1.165) is 38.5 Å². The van der Waals surface area contributed by atoms with Gasteiger partial charge in [-0.3, -0.25) is 4.79 Å². The van der Waals surface area contributed by atoms with Crippen LogP contribution in [0.15, 0.2) is 0 Å². The molecule has 0 saturated carbocycles. The van der Waals surface area contributed by atoms with Crippen molar-refractivity contribution in [2.24, 2.45) is 5.41 Å². The molecule has 0 aromatic heterocycles. The molecule has 0 spiro atoms. The predicted octanol–water partition coefficient (Wildman–Crippen LogP) is 5.65. The van der Waals surface area contributed by atoms with Crippen LogP contribution in [-0.4, -0.2) is 31.4 Å². The maximum absolute atomic E-state index is 13.0. The summed E-state index contributed by atoms with van der Waals surface area (Å²) in [7, 11) is 0. The van der Waals surface area contributed by atoms with Crippen LogP contribution in [0.5, 0.6) is 0 Å². The molecule has 0 aliphatic carbocycles. The first kappa shape index (κ1) is 23.7. The van der Waals surface area contributed by atoms with E-state index in [1.54, 1.807) is 6.92 Å². The van der Waals surface area contributed by atoms with Gasteiger partial charge in [-0.1, -0.05) is 59.3 Å². The molecule has 148 valence electrons. The molecule has 0 aliphatic rings. The molecule has 0 radical (unpaired) electrons. The van der Waals surface area contributed by atoms with E-state index in [0.29, 0.717) is 25.9 Å². The summed E-state index contributed by atoms with van der Waals surface area (Å²) in [5.41, 5.74) is -0.774. The summed E-state index contributed by atoms with van der Waals surface area (Å²) in [5, 5.41) is 0. The van der Waals surface area contributed by atoms with Crippen molar-refractivity contribution in [3.05, 3.63) is 0 Å². The summed E-state index contributed by atoms with van der Waals surface area (Å²) in [6.45, 7) is 10.4. The average Bonchev–Trinajstić information content (AvgIpc) is 2.59. The molecule has 0 aromatic carbocycles. The quantitative estimate of drug-likeness (QED) is 0.376. The highest BCUT2D eigenvalue weighted by Crippen LogP contribution is 2.40. The van der Waals surface area contributed by atoms with Crippen molar-refractivity contribution in [2.75, 3.05) is 13.2 Å². The lowest BCUT2D eigenvalue weighted by Crippen LogP contribution is -2.46. The molecule has 5 heteroatoms. The highest BCUT2D eigenvalue weighted by atomic mass is 16.7. The number of esters is 1. The second-order valence-corrected chi connectivity index (χ2v) is 6.52. The number of hydrogen-bond donors (Lipinski definition) is 0. The first-order valence-corrected chi connectivity index (χ1v) is 10.0. The van der Waals surface area contributed by atoms with E-state index >= 15 is 0 Å². The highest BCUT2D eigenvalue weighted by molar-refractivity contribution is 5.78. The first-order valence-electron chi connectivity index (χ1n) is 10.0. The van der Waals surface area contributed by atoms with Gasteiger partial charge in [-0.2, -0.15) is 0 Å². The normalized spacial score (nSPS) is 12.5. The van der Waals surface area contributed by atoms with Gasteiger partial charge in [0.25, 0.3) is 0 Å². The van der Waals surface area contributed by atoms with Crippen molar-refractivity contribution in [3.63, 3.8) is 0 Å². The van der Waals surface area contributed by atoms with Gasteiger partial charge >= 0.3 is 12.1 Å². The second kappa shape index (κ2) is 14.0. The molecule has 0 N–H and O–H groups in total. The van der Waals surface area contributed by atoms with Crippen molar-refractivity contribution in [3.8, 4) is 0 Å². The molecular formula is C20H38O5. The topological polar surface area (TPSA) is 61.8 Å². The van der Waals surface area contributed by atoms with E-state index in [1.807, 2.05) is 6.92 Å². The third-order valence-corrected chi connectivity index (χ3v) is 4.57. The van der Waals surface area contributed by atoms with Crippen LogP contribution in [0, 0.1) is 5.41 Å². The van der Waals surface area contributed by atoms with Crippen LogP contribution < -0.4 is 0 Å². The lowest BCUT2D eigenvalue weighted by molar-refractivity contribution is -0.167. The van der Waals surface area contributed by atoms with E-state index in [4.69, 9.17) is 14.2 Å². The number of carbonyl (C=O) groups excluding carboxylic acids is 2. The zero-order valence-electron chi connectivity index (χ0n) is 16.9. The number of ether oxygens (including phenoxy) is 3. The minimum atomic E-state index is -0.774. The first-order chi connectivity index (χ1) is 12.0. The molecule has 25 heavy (non-hydrogen) atoms. The fourth-order valence-corrected chi connectivity index (χ4v) is 3.15. The summed E-state index contributed by atoms with van der Waals surface area (Å²) in [5.74, 6) is -0.234. The van der Waals surface area contributed by atoms with Gasteiger partial charge in [-0.25, -0.2) is 4.79 Å². The fourth-order valence-electron chi connectivity index (χ4n) is 3.15. The zero-order valence-corrected chi connectivity index (χ0v) is 16.9. The van der Waals surface area contributed by atoms with Crippen molar-refractivity contribution in [2.45, 2.75) is 98.5 Å². The molecule has 0 aromatic rings. The number of hydrogen-bond acceptors (Lipinski definition) is 5. The van der Waals surface area contributed by atoms with Gasteiger partial charge in [0.05, 0.1) is 13.2 Å². The molecule has 0 bridgehead atoms. The molecule has 1 unspecified atom stereocenters. The molecule has 0 fully saturated rings. The van der Waals surface area contributed by atoms with Gasteiger partial charge in [-0.15, -0.1) is 0 Å². The Hall–Kier alpha value is -1.26. The van der Waals surface area contributed by atoms with Crippen molar-refractivity contribution in [1.29, 1.82) is 0 Å². The summed E-state index contributed by atoms with van der Waals surface area (Å²) in [6.07, 6.45) is 6.45. The Kier molecular flexibility index (Phi) is 13.3. The Labute approximate surface area is 153 Å². The molecule has 1 atom stereocenters. The van der Waals surface area contributed by atoms with Crippen molar-refractivity contribution < 1.29 is 23.8 Å². The van der Waals surface area contributed by atoms with E-state index in [2.05, 4.69) is 20.8 Å². The molecule has 0 amide bonds. The zero-order chi connectivity index (χ0) is 19.1. The van der Waals surface area contributed by atoms with Crippen LogP contribution in [0.25, 0.3) is 0 Å². The Morgan fingerprint density at radius 1 is 0.800 bits per heavy atom. The molecule has 0 heterocycles. The summed E-state index contributed by atoms with van der Waals surface area (Å²) in [6, 6.07) is 0. The number of rotatable bonds is 14. The minimum Gasteiger partial charge on any atom is -0.465 e. The Morgan fingerprint density at radius 2 is 1.32 bits per heavy atom. The third kappa shape index (κ3) is 8.10. The molecular weight excluding hydrogens is 320 g/mol. The predicted molar refractivity (Wildman–Crippen MR) is 99.5 cm³/mol. The largest absolute Gasteiger partial charge is 0.508 e. The van der Waals surface area contributed by atoms with E-state index < -0.39 is 17.7 Å². The molecule has 0 rings (SSSR count). The fraction of sp³-hybridized carbons (Fsp3) is 0.900. The maximum Gasteiger partial charge on any atom is 0.508 e. The van der Waals surface area contributed by atoms with Gasteiger partial charge < -0.3 is 14.2 Å². The van der Waals surface area contributed by atoms with Gasteiger partial charge in [0.2, 0.25) is 0 Å². The highest BCUT2D eigenvalue weighted by Gasteiger charge is 2.48. The Morgan fingerprint density at radius 3 is 1.76 bits per heavy atom. The Bertz CT molecular complexity index is 359. The van der Waals surface area contributed by atoms with Crippen LogP contribution in [0.4, 0.5) is 4.79 Å². The Balaban J connectivity index is 5.69. The summed E-state index contributed by atoms with van der Waals surface area (Å²) in [4.78, 5) is 25.0. The lowest BCUT2D eigenvalue weighted by Gasteiger charge is -2.38. The number of unbranched alkanes of at least 4 members (excludes halogenated alkanes) is 3. The van der Waals surface area contributed by atoms with Crippen molar-refractivity contribution in [1.82, 2.24) is 0 Å². The molecule has 0 saturated heterocycles. The van der Waals surface area contributed by atoms with Crippen LogP contribution in [-0.2, 0) is 19.0 Å². The summed E-state index contributed by atoms with van der Waals surface area (Å²) >= 11 is 0. The smallest absolute Gasteiger partial charge is 0.465 e. The molecule has 5 nitrogen and oxygen atoms in total. The van der Waals surface area contributed by atoms with Crippen LogP contribution in [0.1, 0.15) is 92.4 Å². The van der Waals surface area contributed by atoms with Gasteiger partial charge in [0.15, 0.2) is 0 Å². The minimum absolute atomic E-state index is 0.234. The maximum atomic E-state index is 13.0. The van der Waals surface area contributed by atoms with E-state index in [1.165, 1.54) is 0 Å². The van der Waals surface area contributed by atoms with Crippen LogP contribution >= 0.6 is 0 Å². The van der Waals surface area contributed by atoms with Gasteiger partial charge in [0, 0.05) is 0 Å². The van der Waals surface area contributed by atoms with Gasteiger partial charge in [0.1, 0.15) is 11.5 Å². The van der Waals surface area contributed by atoms with Gasteiger partial charge in [-0.05, 0) is 33.1 Å². The monoisotopic (exact) mass is 358 g/mol. The lowest BCUT2D eigenvalue weighted by atomic mass is 9.72.